The van der Waals surface area contributed by atoms with E-state index in [1.54, 1.807) is 24.3 Å². The van der Waals surface area contributed by atoms with E-state index in [1.807, 2.05) is 6.07 Å². The van der Waals surface area contributed by atoms with Crippen LogP contribution in [0.4, 0.5) is 0 Å². The van der Waals surface area contributed by atoms with Crippen molar-refractivity contribution in [1.29, 1.82) is 0 Å². The third kappa shape index (κ3) is 1.32. The second-order valence-corrected chi connectivity index (χ2v) is 1.87. The fraction of sp³-hybridized carbons (Fsp3) is 0. The van der Waals surface area contributed by atoms with Crippen LogP contribution in [0, 0.1) is 6.58 Å². The van der Waals surface area contributed by atoms with Gasteiger partial charge in [0.2, 0.25) is 0 Å². The third-order valence-corrected chi connectivity index (χ3v) is 1.19. The standard InChI is InChI=1S/C9H6O/c1-2-9(10)8-6-4-3-5-7-8/h2-7H. The van der Waals surface area contributed by atoms with E-state index < -0.39 is 0 Å². The fourth-order valence-electron chi connectivity index (χ4n) is 0.686. The Bertz CT molecular complexity index is 236. The van der Waals surface area contributed by atoms with Crippen molar-refractivity contribution in [1.82, 2.24) is 0 Å². The van der Waals surface area contributed by atoms with E-state index in [1.165, 1.54) is 0 Å². The van der Waals surface area contributed by atoms with Gasteiger partial charge in [0.25, 0.3) is 0 Å². The molecule has 10 heavy (non-hydrogen) atoms. The van der Waals surface area contributed by atoms with Gasteiger partial charge in [-0.1, -0.05) is 30.3 Å². The molecule has 1 nitrogen and oxygen atoms in total. The molecule has 0 bridgehead atoms. The molecule has 0 atom stereocenters. The quantitative estimate of drug-likeness (QED) is 0.440. The molecule has 1 aromatic rings. The molecule has 0 heterocycles. The first-order valence-corrected chi connectivity index (χ1v) is 2.94. The molecule has 48 valence electrons. The van der Waals surface area contributed by atoms with Crippen LogP contribution in [0.15, 0.2) is 36.4 Å². The first kappa shape index (κ1) is 6.75. The van der Waals surface area contributed by atoms with Crippen molar-refractivity contribution in [3.05, 3.63) is 48.6 Å². The van der Waals surface area contributed by atoms with Gasteiger partial charge < -0.3 is 0 Å². The number of benzene rings is 1. The van der Waals surface area contributed by atoms with Crippen LogP contribution in [0.3, 0.4) is 0 Å². The summed E-state index contributed by atoms with van der Waals surface area (Å²) in [6.45, 7) is 6.67. The van der Waals surface area contributed by atoms with E-state index in [-0.39, 0.29) is 5.78 Å². The Hall–Kier alpha value is -1.37. The van der Waals surface area contributed by atoms with Crippen LogP contribution < -0.4 is 0 Å². The summed E-state index contributed by atoms with van der Waals surface area (Å²) in [4.78, 5) is 10.8. The smallest absolute Gasteiger partial charge is 0.186 e. The second-order valence-electron chi connectivity index (χ2n) is 1.87. The number of carbonyl (C=O) groups is 1. The Morgan fingerprint density at radius 2 is 1.90 bits per heavy atom. The van der Waals surface area contributed by atoms with Crippen LogP contribution in [0.2, 0.25) is 0 Å². The second kappa shape index (κ2) is 2.97. The average Bonchev–Trinajstić information content (AvgIpc) is 2.05. The molecule has 0 N–H and O–H groups in total. The zero-order valence-corrected chi connectivity index (χ0v) is 5.37. The SMILES string of the molecule is [C]=CC(=O)c1ccccc1. The van der Waals surface area contributed by atoms with Crippen molar-refractivity contribution >= 4 is 5.78 Å². The van der Waals surface area contributed by atoms with Crippen LogP contribution in [0.5, 0.6) is 0 Å². The number of hydrogen-bond donors (Lipinski definition) is 0. The highest BCUT2D eigenvalue weighted by atomic mass is 16.1. The summed E-state index contributed by atoms with van der Waals surface area (Å²) >= 11 is 0. The molecular formula is C9H6O. The Labute approximate surface area is 60.0 Å². The molecule has 0 aliphatic rings. The van der Waals surface area contributed by atoms with Gasteiger partial charge in [-0.15, -0.1) is 0 Å². The highest BCUT2D eigenvalue weighted by molar-refractivity contribution is 6.03. The minimum Gasteiger partial charge on any atom is -0.289 e. The summed E-state index contributed by atoms with van der Waals surface area (Å²) in [5.41, 5.74) is 0.567. The number of carbonyl (C=O) groups excluding carboxylic acids is 1. The molecule has 0 unspecified atom stereocenters. The molecule has 0 amide bonds. The number of ketones is 1. The molecule has 0 aliphatic carbocycles. The van der Waals surface area contributed by atoms with Crippen molar-refractivity contribution in [2.24, 2.45) is 0 Å². The van der Waals surface area contributed by atoms with Gasteiger partial charge in [0, 0.05) is 5.56 Å². The largest absolute Gasteiger partial charge is 0.289 e. The minimum absolute atomic E-state index is 0.249. The van der Waals surface area contributed by atoms with Gasteiger partial charge in [-0.2, -0.15) is 0 Å². The van der Waals surface area contributed by atoms with Crippen LogP contribution in [0.25, 0.3) is 0 Å². The summed E-state index contributed by atoms with van der Waals surface area (Å²) in [6.07, 6.45) is 0.815. The summed E-state index contributed by atoms with van der Waals surface area (Å²) in [7, 11) is 0. The predicted octanol–water partition coefficient (Wildman–Crippen LogP) is 1.74. The van der Waals surface area contributed by atoms with Gasteiger partial charge >= 0.3 is 0 Å². The lowest BCUT2D eigenvalue weighted by molar-refractivity contribution is 0.104. The molecule has 0 saturated carbocycles. The monoisotopic (exact) mass is 130 g/mol. The average molecular weight is 130 g/mol. The normalized spacial score (nSPS) is 8.80. The van der Waals surface area contributed by atoms with Gasteiger partial charge in [-0.25, -0.2) is 0 Å². The summed E-state index contributed by atoms with van der Waals surface area (Å²) in [5, 5.41) is 0. The van der Waals surface area contributed by atoms with E-state index in [0.717, 1.165) is 6.08 Å². The van der Waals surface area contributed by atoms with Gasteiger partial charge in [-0.05, 0) is 12.7 Å². The maximum Gasteiger partial charge on any atom is 0.186 e. The van der Waals surface area contributed by atoms with Crippen molar-refractivity contribution in [3.63, 3.8) is 0 Å². The molecule has 2 radical (unpaired) electrons. The van der Waals surface area contributed by atoms with Crippen LogP contribution in [-0.4, -0.2) is 5.78 Å². The molecule has 0 spiro atoms. The molecule has 0 aromatic heterocycles. The maximum atomic E-state index is 10.8. The van der Waals surface area contributed by atoms with E-state index in [0.29, 0.717) is 5.56 Å². The fourth-order valence-corrected chi connectivity index (χ4v) is 0.686. The van der Waals surface area contributed by atoms with E-state index in [4.69, 9.17) is 6.58 Å². The van der Waals surface area contributed by atoms with Crippen LogP contribution in [0.1, 0.15) is 10.4 Å². The van der Waals surface area contributed by atoms with Crippen molar-refractivity contribution in [2.75, 3.05) is 0 Å². The van der Waals surface area contributed by atoms with Gasteiger partial charge in [0.15, 0.2) is 5.78 Å². The number of hydrogen-bond acceptors (Lipinski definition) is 1. The van der Waals surface area contributed by atoms with Crippen molar-refractivity contribution < 1.29 is 4.79 Å². The summed E-state index contributed by atoms with van der Waals surface area (Å²) < 4.78 is 0. The van der Waals surface area contributed by atoms with E-state index >= 15 is 0 Å². The summed E-state index contributed by atoms with van der Waals surface area (Å²) in [6, 6.07) is 8.76. The molecule has 0 aliphatic heterocycles. The lowest BCUT2D eigenvalue weighted by Gasteiger charge is -1.90. The molecule has 0 fully saturated rings. The Morgan fingerprint density at radius 3 is 2.40 bits per heavy atom. The van der Waals surface area contributed by atoms with E-state index in [2.05, 4.69) is 0 Å². The topological polar surface area (TPSA) is 17.1 Å². The van der Waals surface area contributed by atoms with Crippen LogP contribution in [-0.2, 0) is 0 Å². The predicted molar refractivity (Wildman–Crippen MR) is 38.6 cm³/mol. The Kier molecular flexibility index (Phi) is 2.00. The van der Waals surface area contributed by atoms with Gasteiger partial charge in [-0.3, -0.25) is 4.79 Å². The van der Waals surface area contributed by atoms with E-state index in [9.17, 15) is 4.79 Å². The molecule has 0 saturated heterocycles. The van der Waals surface area contributed by atoms with Gasteiger partial charge in [0.05, 0.1) is 0 Å². The third-order valence-electron chi connectivity index (χ3n) is 1.19. The lowest BCUT2D eigenvalue weighted by Crippen LogP contribution is -1.91. The molecular weight excluding hydrogens is 124 g/mol. The first-order valence-electron chi connectivity index (χ1n) is 2.94. The highest BCUT2D eigenvalue weighted by Crippen LogP contribution is 1.98. The number of rotatable bonds is 2. The molecule has 1 heteroatoms. The van der Waals surface area contributed by atoms with Crippen molar-refractivity contribution in [3.8, 4) is 0 Å². The molecule has 1 aromatic carbocycles. The molecule has 1 rings (SSSR count). The van der Waals surface area contributed by atoms with Crippen LogP contribution >= 0.6 is 0 Å². The van der Waals surface area contributed by atoms with Gasteiger partial charge in [0.1, 0.15) is 0 Å². The Morgan fingerprint density at radius 1 is 1.30 bits per heavy atom. The zero-order valence-electron chi connectivity index (χ0n) is 5.37. The van der Waals surface area contributed by atoms with Crippen molar-refractivity contribution in [2.45, 2.75) is 0 Å². The lowest BCUT2D eigenvalue weighted by atomic mass is 10.1. The highest BCUT2D eigenvalue weighted by Gasteiger charge is 1.96. The number of allylic oxidation sites excluding steroid dienone is 1. The Balaban J connectivity index is 2.95. The summed E-state index contributed by atoms with van der Waals surface area (Å²) in [5.74, 6) is -0.249. The maximum absolute atomic E-state index is 10.8. The first-order chi connectivity index (χ1) is 4.84. The minimum atomic E-state index is -0.249. The zero-order chi connectivity index (χ0) is 7.40.